The molecule has 1 fully saturated rings. The quantitative estimate of drug-likeness (QED) is 0.803. The van der Waals surface area contributed by atoms with Crippen LogP contribution in [0.1, 0.15) is 12.8 Å². The van der Waals surface area contributed by atoms with Crippen molar-refractivity contribution in [3.8, 4) is 11.8 Å². The van der Waals surface area contributed by atoms with Gasteiger partial charge in [-0.1, -0.05) is 0 Å². The van der Waals surface area contributed by atoms with E-state index in [1.54, 1.807) is 13.2 Å². The smallest absolute Gasteiger partial charge is 0.142 e. The summed E-state index contributed by atoms with van der Waals surface area (Å²) in [6, 6.07) is 6.74. The predicted molar refractivity (Wildman–Crippen MR) is 63.5 cm³/mol. The molecule has 0 bridgehead atoms. The van der Waals surface area contributed by atoms with Gasteiger partial charge in [-0.05, 0) is 25.0 Å². The van der Waals surface area contributed by atoms with E-state index < -0.39 is 0 Å². The Morgan fingerprint density at radius 3 is 2.76 bits per heavy atom. The monoisotopic (exact) mass is 234 g/mol. The van der Waals surface area contributed by atoms with Crippen LogP contribution in [0.5, 0.6) is 5.75 Å². The number of hydrogen-bond acceptors (Lipinski definition) is 3. The molecule has 0 saturated heterocycles. The van der Waals surface area contributed by atoms with Gasteiger partial charge in [-0.3, -0.25) is 0 Å². The molecule has 0 amide bonds. The molecule has 0 aliphatic heterocycles. The number of nitriles is 1. The molecule has 1 aromatic rings. The molecule has 0 heterocycles. The Balaban J connectivity index is 2.21. The number of methoxy groups -OCH3 is 1. The third kappa shape index (κ3) is 2.33. The first kappa shape index (κ1) is 11.7. The second-order valence-corrected chi connectivity index (χ2v) is 4.56. The zero-order valence-electron chi connectivity index (χ0n) is 10.0. The number of nitrogens with zero attached hydrogens (tertiary/aromatic N) is 2. The van der Waals surface area contributed by atoms with Crippen LogP contribution < -0.4 is 9.64 Å². The number of rotatable bonds is 4. The Morgan fingerprint density at radius 2 is 2.24 bits per heavy atom. The summed E-state index contributed by atoms with van der Waals surface area (Å²) in [7, 11) is 3.41. The second-order valence-electron chi connectivity index (χ2n) is 4.56. The van der Waals surface area contributed by atoms with E-state index in [9.17, 15) is 4.39 Å². The average Bonchev–Trinajstić information content (AvgIpc) is 3.09. The topological polar surface area (TPSA) is 36.3 Å². The zero-order chi connectivity index (χ0) is 12.5. The van der Waals surface area contributed by atoms with Crippen molar-refractivity contribution in [1.29, 1.82) is 5.26 Å². The van der Waals surface area contributed by atoms with Gasteiger partial charge in [-0.15, -0.1) is 0 Å². The molecule has 0 aromatic heterocycles. The molecule has 1 aliphatic carbocycles. The van der Waals surface area contributed by atoms with Crippen molar-refractivity contribution in [3.05, 3.63) is 24.0 Å². The molecule has 0 spiro atoms. The summed E-state index contributed by atoms with van der Waals surface area (Å²) in [5, 5.41) is 9.05. The highest BCUT2D eigenvalue weighted by atomic mass is 19.1. The first-order valence-electron chi connectivity index (χ1n) is 5.56. The van der Waals surface area contributed by atoms with Gasteiger partial charge >= 0.3 is 0 Å². The third-order valence-electron chi connectivity index (χ3n) is 3.18. The van der Waals surface area contributed by atoms with Crippen molar-refractivity contribution in [2.24, 2.45) is 5.41 Å². The van der Waals surface area contributed by atoms with Gasteiger partial charge in [0.2, 0.25) is 0 Å². The fraction of sp³-hybridized carbons (Fsp3) is 0.462. The van der Waals surface area contributed by atoms with Crippen LogP contribution in [-0.4, -0.2) is 20.7 Å². The van der Waals surface area contributed by atoms with Crippen LogP contribution in [0.4, 0.5) is 10.1 Å². The summed E-state index contributed by atoms with van der Waals surface area (Å²) >= 11 is 0. The molecule has 2 rings (SSSR count). The maximum atomic E-state index is 13.2. The highest BCUT2D eigenvalue weighted by Gasteiger charge is 2.44. The molecule has 0 radical (unpaired) electrons. The zero-order valence-corrected chi connectivity index (χ0v) is 10.0. The summed E-state index contributed by atoms with van der Waals surface area (Å²) in [6.45, 7) is 0.614. The maximum absolute atomic E-state index is 13.2. The fourth-order valence-electron chi connectivity index (χ4n) is 1.96. The van der Waals surface area contributed by atoms with Crippen molar-refractivity contribution in [3.63, 3.8) is 0 Å². The van der Waals surface area contributed by atoms with Crippen LogP contribution in [0.25, 0.3) is 0 Å². The van der Waals surface area contributed by atoms with Crippen LogP contribution in [-0.2, 0) is 0 Å². The third-order valence-corrected chi connectivity index (χ3v) is 3.18. The fourth-order valence-corrected chi connectivity index (χ4v) is 1.96. The summed E-state index contributed by atoms with van der Waals surface area (Å²) < 4.78 is 18.4. The minimum atomic E-state index is -0.297. The van der Waals surface area contributed by atoms with Crippen LogP contribution in [0.2, 0.25) is 0 Å². The lowest BCUT2D eigenvalue weighted by molar-refractivity contribution is 0.413. The van der Waals surface area contributed by atoms with Crippen LogP contribution in [0.15, 0.2) is 18.2 Å². The molecule has 3 nitrogen and oxygen atoms in total. The van der Waals surface area contributed by atoms with Crippen molar-refractivity contribution >= 4 is 5.69 Å². The van der Waals surface area contributed by atoms with Gasteiger partial charge in [-0.25, -0.2) is 4.39 Å². The van der Waals surface area contributed by atoms with Gasteiger partial charge in [0.15, 0.2) is 0 Å². The molecule has 0 atom stereocenters. The van der Waals surface area contributed by atoms with Crippen molar-refractivity contribution < 1.29 is 9.13 Å². The molecule has 1 aliphatic rings. The molecule has 1 saturated carbocycles. The standard InChI is InChI=1S/C13H15FN2O/c1-16(9-13(8-15)5-6-13)11-7-10(14)3-4-12(11)17-2/h3-4,7H,5-6,9H2,1-2H3. The lowest BCUT2D eigenvalue weighted by Crippen LogP contribution is -2.26. The first-order chi connectivity index (χ1) is 8.10. The van der Waals surface area contributed by atoms with Crippen molar-refractivity contribution in [2.75, 3.05) is 25.6 Å². The first-order valence-corrected chi connectivity index (χ1v) is 5.56. The summed E-state index contributed by atoms with van der Waals surface area (Å²) in [4.78, 5) is 1.89. The summed E-state index contributed by atoms with van der Waals surface area (Å²) in [5.41, 5.74) is 0.445. The highest BCUT2D eigenvalue weighted by Crippen LogP contribution is 2.46. The Morgan fingerprint density at radius 1 is 1.53 bits per heavy atom. The van der Waals surface area contributed by atoms with E-state index in [-0.39, 0.29) is 11.2 Å². The number of halogens is 1. The van der Waals surface area contributed by atoms with E-state index in [0.717, 1.165) is 12.8 Å². The number of hydrogen-bond donors (Lipinski definition) is 0. The second kappa shape index (κ2) is 4.25. The highest BCUT2D eigenvalue weighted by molar-refractivity contribution is 5.58. The van der Waals surface area contributed by atoms with Gasteiger partial charge in [-0.2, -0.15) is 5.26 Å². The van der Waals surface area contributed by atoms with Gasteiger partial charge < -0.3 is 9.64 Å². The maximum Gasteiger partial charge on any atom is 0.142 e. The Kier molecular flexibility index (Phi) is 2.93. The minimum Gasteiger partial charge on any atom is -0.495 e. The lowest BCUT2D eigenvalue weighted by atomic mass is 10.1. The molecular weight excluding hydrogens is 219 g/mol. The van der Waals surface area contributed by atoms with Gasteiger partial charge in [0.1, 0.15) is 11.6 Å². The molecule has 0 unspecified atom stereocenters. The van der Waals surface area contributed by atoms with Crippen LogP contribution >= 0.6 is 0 Å². The summed E-state index contributed by atoms with van der Waals surface area (Å²) in [6.07, 6.45) is 1.84. The van der Waals surface area contributed by atoms with E-state index in [0.29, 0.717) is 18.0 Å². The van der Waals surface area contributed by atoms with E-state index in [1.807, 2.05) is 11.9 Å². The average molecular weight is 234 g/mol. The van der Waals surface area contributed by atoms with E-state index >= 15 is 0 Å². The van der Waals surface area contributed by atoms with Gasteiger partial charge in [0.05, 0.1) is 24.3 Å². The molecular formula is C13H15FN2O. The Labute approximate surface area is 100 Å². The number of anilines is 1. The van der Waals surface area contributed by atoms with Gasteiger partial charge in [0.25, 0.3) is 0 Å². The van der Waals surface area contributed by atoms with E-state index in [2.05, 4.69) is 6.07 Å². The van der Waals surface area contributed by atoms with E-state index in [4.69, 9.17) is 10.00 Å². The number of benzene rings is 1. The SMILES string of the molecule is COc1ccc(F)cc1N(C)CC1(C#N)CC1. The molecule has 0 N–H and O–H groups in total. The van der Waals surface area contributed by atoms with Gasteiger partial charge in [0, 0.05) is 19.7 Å². The largest absolute Gasteiger partial charge is 0.495 e. The minimum absolute atomic E-state index is 0.244. The Bertz CT molecular complexity index is 463. The van der Waals surface area contributed by atoms with Crippen LogP contribution in [0, 0.1) is 22.6 Å². The normalized spacial score (nSPS) is 16.1. The molecule has 1 aromatic carbocycles. The molecule has 17 heavy (non-hydrogen) atoms. The van der Waals surface area contributed by atoms with E-state index in [1.165, 1.54) is 12.1 Å². The van der Waals surface area contributed by atoms with Crippen molar-refractivity contribution in [2.45, 2.75) is 12.8 Å². The van der Waals surface area contributed by atoms with Crippen LogP contribution in [0.3, 0.4) is 0 Å². The Hall–Kier alpha value is -1.76. The molecule has 4 heteroatoms. The molecule has 90 valence electrons. The predicted octanol–water partition coefficient (Wildman–Crippen LogP) is 2.57. The summed E-state index contributed by atoms with van der Waals surface area (Å²) in [5.74, 6) is 0.331. The lowest BCUT2D eigenvalue weighted by Gasteiger charge is -2.23. The van der Waals surface area contributed by atoms with Crippen molar-refractivity contribution in [1.82, 2.24) is 0 Å². The number of ether oxygens (including phenoxy) is 1.